The molecule has 0 N–H and O–H groups in total. The van der Waals surface area contributed by atoms with Gasteiger partial charge in [-0.25, -0.2) is 4.79 Å². The van der Waals surface area contributed by atoms with Crippen molar-refractivity contribution in [1.29, 1.82) is 0 Å². The molecule has 138 valence electrons. The van der Waals surface area contributed by atoms with Crippen LogP contribution >= 0.6 is 11.8 Å². The van der Waals surface area contributed by atoms with Crippen molar-refractivity contribution in [2.24, 2.45) is 0 Å². The number of aryl methyl sites for hydroxylation is 1. The highest BCUT2D eigenvalue weighted by molar-refractivity contribution is 8.01. The predicted molar refractivity (Wildman–Crippen MR) is 98.8 cm³/mol. The van der Waals surface area contributed by atoms with Gasteiger partial charge in [0.1, 0.15) is 6.04 Å². The van der Waals surface area contributed by atoms with Crippen molar-refractivity contribution < 1.29 is 19.1 Å². The number of esters is 1. The van der Waals surface area contributed by atoms with E-state index in [1.165, 1.54) is 0 Å². The molecule has 3 aliphatic heterocycles. The van der Waals surface area contributed by atoms with Gasteiger partial charge >= 0.3 is 5.97 Å². The first kappa shape index (κ1) is 17.4. The predicted octanol–water partition coefficient (Wildman–Crippen LogP) is 1.96. The Balaban J connectivity index is 1.40. The lowest BCUT2D eigenvalue weighted by Gasteiger charge is -2.30. The van der Waals surface area contributed by atoms with E-state index in [-0.39, 0.29) is 23.3 Å². The molecule has 7 heteroatoms. The number of carbonyl (C=O) groups excluding carboxylic acids is 3. The third-order valence-electron chi connectivity index (χ3n) is 5.47. The SMILES string of the molecule is C[C@@]12CCC(=O)N1[C@H](C(=O)OCC(=O)N1CCCc3ccccc31)CS2. The summed E-state index contributed by atoms with van der Waals surface area (Å²) in [5.41, 5.74) is 2.04. The summed E-state index contributed by atoms with van der Waals surface area (Å²) < 4.78 is 5.32. The van der Waals surface area contributed by atoms with Gasteiger partial charge in [-0.1, -0.05) is 18.2 Å². The number of amides is 2. The quantitative estimate of drug-likeness (QED) is 0.757. The number of benzene rings is 1. The van der Waals surface area contributed by atoms with Crippen LogP contribution in [0.4, 0.5) is 5.69 Å². The molecule has 0 aliphatic carbocycles. The lowest BCUT2D eigenvalue weighted by molar-refractivity contribution is -0.155. The Morgan fingerprint density at radius 3 is 2.96 bits per heavy atom. The molecule has 2 saturated heterocycles. The lowest BCUT2D eigenvalue weighted by Crippen LogP contribution is -2.47. The van der Waals surface area contributed by atoms with E-state index in [2.05, 4.69) is 0 Å². The van der Waals surface area contributed by atoms with E-state index in [4.69, 9.17) is 4.74 Å². The molecule has 0 bridgehead atoms. The van der Waals surface area contributed by atoms with Crippen LogP contribution in [0.25, 0.3) is 0 Å². The molecular formula is C19H22N2O4S. The highest BCUT2D eigenvalue weighted by atomic mass is 32.2. The Morgan fingerprint density at radius 1 is 1.31 bits per heavy atom. The van der Waals surface area contributed by atoms with Crippen molar-refractivity contribution in [3.05, 3.63) is 29.8 Å². The van der Waals surface area contributed by atoms with Crippen LogP contribution < -0.4 is 4.90 Å². The van der Waals surface area contributed by atoms with Gasteiger partial charge in [-0.3, -0.25) is 9.59 Å². The van der Waals surface area contributed by atoms with E-state index in [0.29, 0.717) is 18.7 Å². The lowest BCUT2D eigenvalue weighted by atomic mass is 10.0. The molecule has 1 aromatic carbocycles. The molecule has 2 fully saturated rings. The normalized spacial score (nSPS) is 27.3. The van der Waals surface area contributed by atoms with Gasteiger partial charge in [-0.15, -0.1) is 11.8 Å². The molecule has 2 atom stereocenters. The van der Waals surface area contributed by atoms with Gasteiger partial charge in [0.15, 0.2) is 6.61 Å². The molecule has 0 spiro atoms. The first-order chi connectivity index (χ1) is 12.5. The van der Waals surface area contributed by atoms with Crippen molar-refractivity contribution in [3.8, 4) is 0 Å². The monoisotopic (exact) mass is 374 g/mol. The average Bonchev–Trinajstić information content (AvgIpc) is 3.15. The number of hydrogen-bond donors (Lipinski definition) is 0. The first-order valence-electron chi connectivity index (χ1n) is 9.01. The fraction of sp³-hybridized carbons (Fsp3) is 0.526. The summed E-state index contributed by atoms with van der Waals surface area (Å²) in [5.74, 6) is -0.167. The Kier molecular flexibility index (Phi) is 4.42. The Hall–Kier alpha value is -2.02. The first-order valence-corrected chi connectivity index (χ1v) is 9.99. The van der Waals surface area contributed by atoms with Crippen molar-refractivity contribution >= 4 is 35.2 Å². The molecular weight excluding hydrogens is 352 g/mol. The Bertz CT molecular complexity index is 768. The van der Waals surface area contributed by atoms with Gasteiger partial charge in [0.25, 0.3) is 5.91 Å². The minimum absolute atomic E-state index is 0.00395. The second kappa shape index (κ2) is 6.61. The minimum Gasteiger partial charge on any atom is -0.454 e. The second-order valence-electron chi connectivity index (χ2n) is 7.15. The van der Waals surface area contributed by atoms with Gasteiger partial charge < -0.3 is 14.5 Å². The van der Waals surface area contributed by atoms with Crippen molar-refractivity contribution in [2.75, 3.05) is 23.8 Å². The highest BCUT2D eigenvalue weighted by Crippen LogP contribution is 2.47. The van der Waals surface area contributed by atoms with Crippen LogP contribution in [0, 0.1) is 0 Å². The summed E-state index contributed by atoms with van der Waals surface area (Å²) in [5, 5.41) is 0. The largest absolute Gasteiger partial charge is 0.454 e. The number of anilines is 1. The maximum Gasteiger partial charge on any atom is 0.330 e. The van der Waals surface area contributed by atoms with Gasteiger partial charge in [-0.2, -0.15) is 0 Å². The van der Waals surface area contributed by atoms with Gasteiger partial charge in [0, 0.05) is 24.4 Å². The van der Waals surface area contributed by atoms with Crippen LogP contribution in [0.15, 0.2) is 24.3 Å². The van der Waals surface area contributed by atoms with E-state index in [0.717, 1.165) is 30.5 Å². The zero-order valence-corrected chi connectivity index (χ0v) is 15.6. The number of rotatable bonds is 3. The third kappa shape index (κ3) is 2.88. The second-order valence-corrected chi connectivity index (χ2v) is 8.65. The van der Waals surface area contributed by atoms with Crippen molar-refractivity contribution in [1.82, 2.24) is 4.90 Å². The number of thioether (sulfide) groups is 1. The topological polar surface area (TPSA) is 66.9 Å². The molecule has 26 heavy (non-hydrogen) atoms. The van der Waals surface area contributed by atoms with Crippen LogP contribution in [0.3, 0.4) is 0 Å². The summed E-state index contributed by atoms with van der Waals surface area (Å²) >= 11 is 1.62. The van der Waals surface area contributed by atoms with E-state index in [1.54, 1.807) is 21.6 Å². The molecule has 4 rings (SSSR count). The fourth-order valence-electron chi connectivity index (χ4n) is 4.09. The highest BCUT2D eigenvalue weighted by Gasteiger charge is 2.53. The maximum atomic E-state index is 12.6. The van der Waals surface area contributed by atoms with Crippen LogP contribution in [-0.2, 0) is 25.5 Å². The molecule has 0 unspecified atom stereocenters. The number of para-hydroxylation sites is 1. The zero-order valence-electron chi connectivity index (χ0n) is 14.8. The molecule has 0 saturated carbocycles. The van der Waals surface area contributed by atoms with Gasteiger partial charge in [0.05, 0.1) is 4.87 Å². The zero-order chi connectivity index (χ0) is 18.3. The van der Waals surface area contributed by atoms with E-state index in [1.807, 2.05) is 31.2 Å². The Labute approximate surface area is 156 Å². The van der Waals surface area contributed by atoms with Crippen LogP contribution in [0.1, 0.15) is 31.7 Å². The van der Waals surface area contributed by atoms with E-state index in [9.17, 15) is 14.4 Å². The van der Waals surface area contributed by atoms with Crippen molar-refractivity contribution in [3.63, 3.8) is 0 Å². The standard InChI is InChI=1S/C19H22N2O4S/c1-19-9-8-16(22)21(19)15(12-26-19)18(24)25-11-17(23)20-10-4-6-13-5-2-3-7-14(13)20/h2-3,5,7,15H,4,6,8-12H2,1H3/t15-,19+/m0/s1. The summed E-state index contributed by atoms with van der Waals surface area (Å²) in [6, 6.07) is 7.24. The molecule has 0 aromatic heterocycles. The number of nitrogens with zero attached hydrogens (tertiary/aromatic N) is 2. The summed E-state index contributed by atoms with van der Waals surface area (Å²) in [6.07, 6.45) is 3.08. The molecule has 1 aromatic rings. The molecule has 3 heterocycles. The molecule has 2 amide bonds. The summed E-state index contributed by atoms with van der Waals surface area (Å²) in [7, 11) is 0. The third-order valence-corrected chi connectivity index (χ3v) is 6.97. The van der Waals surface area contributed by atoms with Crippen LogP contribution in [0.5, 0.6) is 0 Å². The molecule has 3 aliphatic rings. The molecule has 0 radical (unpaired) electrons. The van der Waals surface area contributed by atoms with Crippen LogP contribution in [-0.4, -0.2) is 52.5 Å². The number of hydrogen-bond acceptors (Lipinski definition) is 5. The minimum atomic E-state index is -0.582. The molecule has 6 nitrogen and oxygen atoms in total. The smallest absolute Gasteiger partial charge is 0.330 e. The number of carbonyl (C=O) groups is 3. The van der Waals surface area contributed by atoms with Crippen LogP contribution in [0.2, 0.25) is 0 Å². The summed E-state index contributed by atoms with van der Waals surface area (Å²) in [6.45, 7) is 2.34. The maximum absolute atomic E-state index is 12.6. The Morgan fingerprint density at radius 2 is 2.12 bits per heavy atom. The average molecular weight is 374 g/mol. The van der Waals surface area contributed by atoms with E-state index >= 15 is 0 Å². The van der Waals surface area contributed by atoms with E-state index < -0.39 is 12.0 Å². The number of ether oxygens (including phenoxy) is 1. The fourth-order valence-corrected chi connectivity index (χ4v) is 5.51. The van der Waals surface area contributed by atoms with Gasteiger partial charge in [0.2, 0.25) is 5.91 Å². The summed E-state index contributed by atoms with van der Waals surface area (Å²) in [4.78, 5) is 40.3. The number of fused-ring (bicyclic) bond motifs is 2. The van der Waals surface area contributed by atoms with Crippen molar-refractivity contribution in [2.45, 2.75) is 43.5 Å². The van der Waals surface area contributed by atoms with Gasteiger partial charge in [-0.05, 0) is 37.8 Å².